The number of nitrogens with one attached hydrogen (secondary N) is 1. The third-order valence-corrected chi connectivity index (χ3v) is 4.95. The Morgan fingerprint density at radius 2 is 1.63 bits per heavy atom. The Hall–Kier alpha value is -2.37. The molecule has 0 spiro atoms. The van der Waals surface area contributed by atoms with E-state index in [1.165, 1.54) is 11.1 Å². The van der Waals surface area contributed by atoms with Crippen molar-refractivity contribution in [3.8, 4) is 0 Å². The highest BCUT2D eigenvalue weighted by Crippen LogP contribution is 2.09. The van der Waals surface area contributed by atoms with E-state index in [1.807, 2.05) is 12.1 Å². The fraction of sp³-hybridized carbons (Fsp3) is 0.409. The molecule has 27 heavy (non-hydrogen) atoms. The van der Waals surface area contributed by atoms with Gasteiger partial charge in [0.15, 0.2) is 5.96 Å². The van der Waals surface area contributed by atoms with E-state index in [-0.39, 0.29) is 0 Å². The van der Waals surface area contributed by atoms with E-state index in [0.717, 1.165) is 57.9 Å². The first kappa shape index (κ1) is 19.4. The lowest BCUT2D eigenvalue weighted by Gasteiger charge is -2.34. The van der Waals surface area contributed by atoms with Crippen LogP contribution in [0.5, 0.6) is 0 Å². The molecule has 1 saturated heterocycles. The number of anilines is 1. The zero-order chi connectivity index (χ0) is 18.9. The Morgan fingerprint density at radius 1 is 0.963 bits per heavy atom. The lowest BCUT2D eigenvalue weighted by molar-refractivity contribution is 0.127. The van der Waals surface area contributed by atoms with Crippen molar-refractivity contribution in [3.63, 3.8) is 0 Å². The van der Waals surface area contributed by atoms with E-state index in [2.05, 4.69) is 69.5 Å². The minimum absolute atomic E-state index is 0.492. The molecule has 1 aliphatic heterocycles. The number of aryl methyl sites for hydroxylation is 1. The Morgan fingerprint density at radius 3 is 2.33 bits per heavy atom. The first-order chi connectivity index (χ1) is 13.2. The molecule has 0 amide bonds. The summed E-state index contributed by atoms with van der Waals surface area (Å²) in [6.07, 6.45) is 1.04. The Kier molecular flexibility index (Phi) is 7.25. The predicted molar refractivity (Wildman–Crippen MR) is 114 cm³/mol. The van der Waals surface area contributed by atoms with Crippen molar-refractivity contribution < 1.29 is 0 Å². The van der Waals surface area contributed by atoms with Crippen LogP contribution in [0.2, 0.25) is 0 Å². The van der Waals surface area contributed by atoms with Crippen LogP contribution >= 0.6 is 0 Å². The molecule has 1 fully saturated rings. The van der Waals surface area contributed by atoms with Gasteiger partial charge in [-0.25, -0.2) is 0 Å². The van der Waals surface area contributed by atoms with Gasteiger partial charge in [-0.2, -0.15) is 0 Å². The Bertz CT molecular complexity index is 703. The highest BCUT2D eigenvalue weighted by molar-refractivity contribution is 5.92. The molecule has 0 atom stereocenters. The molecular weight excluding hydrogens is 334 g/mol. The molecule has 3 N–H and O–H groups in total. The third kappa shape index (κ3) is 6.70. The minimum Gasteiger partial charge on any atom is -0.370 e. The lowest BCUT2D eigenvalue weighted by Crippen LogP contribution is -2.46. The van der Waals surface area contributed by atoms with Gasteiger partial charge >= 0.3 is 0 Å². The summed E-state index contributed by atoms with van der Waals surface area (Å²) < 4.78 is 0. The van der Waals surface area contributed by atoms with E-state index in [0.29, 0.717) is 5.96 Å². The average Bonchev–Trinajstić information content (AvgIpc) is 2.69. The van der Waals surface area contributed by atoms with E-state index >= 15 is 0 Å². The first-order valence-corrected chi connectivity index (χ1v) is 9.81. The van der Waals surface area contributed by atoms with Crippen molar-refractivity contribution in [1.29, 1.82) is 0 Å². The molecule has 5 nitrogen and oxygen atoms in total. The summed E-state index contributed by atoms with van der Waals surface area (Å²) in [5.41, 5.74) is 9.59. The molecule has 0 aromatic heterocycles. The highest BCUT2D eigenvalue weighted by atomic mass is 15.3. The molecular formula is C22H31N5. The van der Waals surface area contributed by atoms with Crippen LogP contribution in [0.3, 0.4) is 0 Å². The quantitative estimate of drug-likeness (QED) is 0.450. The number of benzene rings is 2. The van der Waals surface area contributed by atoms with Crippen molar-refractivity contribution in [2.75, 3.05) is 44.6 Å². The predicted octanol–water partition coefficient (Wildman–Crippen LogP) is 2.93. The van der Waals surface area contributed by atoms with Gasteiger partial charge in [0.25, 0.3) is 0 Å². The summed E-state index contributed by atoms with van der Waals surface area (Å²) in [6, 6.07) is 18.9. The monoisotopic (exact) mass is 365 g/mol. The fourth-order valence-electron chi connectivity index (χ4n) is 3.33. The van der Waals surface area contributed by atoms with Gasteiger partial charge in [0.2, 0.25) is 0 Å². The number of guanidine groups is 1. The SMILES string of the molecule is Cc1ccc(NC(N)=NCCCN2CCN(Cc3ccccc3)CC2)cc1. The number of hydrogen-bond donors (Lipinski definition) is 2. The average molecular weight is 366 g/mol. The summed E-state index contributed by atoms with van der Waals surface area (Å²) in [6.45, 7) is 9.50. The third-order valence-electron chi connectivity index (χ3n) is 4.95. The summed E-state index contributed by atoms with van der Waals surface area (Å²) in [7, 11) is 0. The smallest absolute Gasteiger partial charge is 0.193 e. The number of nitrogens with zero attached hydrogens (tertiary/aromatic N) is 3. The van der Waals surface area contributed by atoms with Crippen LogP contribution in [0.15, 0.2) is 59.6 Å². The molecule has 0 radical (unpaired) electrons. The molecule has 0 saturated carbocycles. The maximum absolute atomic E-state index is 5.97. The molecule has 3 rings (SSSR count). The van der Waals surface area contributed by atoms with E-state index in [1.54, 1.807) is 0 Å². The molecule has 5 heteroatoms. The van der Waals surface area contributed by atoms with Gasteiger partial charge in [0.1, 0.15) is 0 Å². The maximum Gasteiger partial charge on any atom is 0.193 e. The summed E-state index contributed by atoms with van der Waals surface area (Å²) in [4.78, 5) is 9.51. The number of aliphatic imine (C=N–C) groups is 1. The van der Waals surface area contributed by atoms with E-state index < -0.39 is 0 Å². The Balaban J connectivity index is 1.31. The van der Waals surface area contributed by atoms with Gasteiger partial charge < -0.3 is 16.0 Å². The number of nitrogens with two attached hydrogens (primary N) is 1. The largest absolute Gasteiger partial charge is 0.370 e. The van der Waals surface area contributed by atoms with Crippen LogP contribution in [0, 0.1) is 6.92 Å². The van der Waals surface area contributed by atoms with Gasteiger partial charge in [0, 0.05) is 51.5 Å². The number of piperazine rings is 1. The van der Waals surface area contributed by atoms with E-state index in [4.69, 9.17) is 5.73 Å². The normalized spacial score (nSPS) is 16.4. The lowest BCUT2D eigenvalue weighted by atomic mass is 10.2. The van der Waals surface area contributed by atoms with Gasteiger partial charge in [0.05, 0.1) is 0 Å². The van der Waals surface area contributed by atoms with Gasteiger partial charge in [-0.15, -0.1) is 0 Å². The fourth-order valence-corrected chi connectivity index (χ4v) is 3.33. The molecule has 2 aromatic rings. The van der Waals surface area contributed by atoms with Crippen molar-refractivity contribution in [3.05, 3.63) is 65.7 Å². The molecule has 144 valence electrons. The van der Waals surface area contributed by atoms with Gasteiger partial charge in [-0.3, -0.25) is 9.89 Å². The zero-order valence-electron chi connectivity index (χ0n) is 16.3. The summed E-state index contributed by atoms with van der Waals surface area (Å²) in [5, 5.41) is 3.14. The summed E-state index contributed by atoms with van der Waals surface area (Å²) >= 11 is 0. The second-order valence-corrected chi connectivity index (χ2v) is 7.21. The Labute approximate surface area is 162 Å². The van der Waals surface area contributed by atoms with Crippen LogP contribution in [-0.4, -0.2) is 55.0 Å². The molecule has 0 unspecified atom stereocenters. The zero-order valence-corrected chi connectivity index (χ0v) is 16.3. The van der Waals surface area contributed by atoms with E-state index in [9.17, 15) is 0 Å². The van der Waals surface area contributed by atoms with Crippen LogP contribution in [0.25, 0.3) is 0 Å². The number of hydrogen-bond acceptors (Lipinski definition) is 3. The maximum atomic E-state index is 5.97. The topological polar surface area (TPSA) is 56.9 Å². The minimum atomic E-state index is 0.492. The van der Waals surface area contributed by atoms with Crippen molar-refractivity contribution in [2.45, 2.75) is 19.9 Å². The highest BCUT2D eigenvalue weighted by Gasteiger charge is 2.16. The van der Waals surface area contributed by atoms with Crippen LogP contribution in [0.4, 0.5) is 5.69 Å². The first-order valence-electron chi connectivity index (χ1n) is 9.81. The standard InChI is InChI=1S/C22H31N5/c1-19-8-10-21(11-9-19)25-22(23)24-12-5-13-26-14-16-27(17-15-26)18-20-6-3-2-4-7-20/h2-4,6-11H,5,12-18H2,1H3,(H3,23,24,25). The van der Waals surface area contributed by atoms with Crippen LogP contribution < -0.4 is 11.1 Å². The molecule has 0 bridgehead atoms. The molecule has 1 aliphatic rings. The van der Waals surface area contributed by atoms with Crippen LogP contribution in [-0.2, 0) is 6.54 Å². The van der Waals surface area contributed by atoms with Crippen molar-refractivity contribution >= 4 is 11.6 Å². The number of rotatable bonds is 7. The second kappa shape index (κ2) is 10.1. The van der Waals surface area contributed by atoms with Gasteiger partial charge in [-0.05, 0) is 31.0 Å². The van der Waals surface area contributed by atoms with Crippen molar-refractivity contribution in [2.24, 2.45) is 10.7 Å². The molecule has 2 aromatic carbocycles. The van der Waals surface area contributed by atoms with Crippen LogP contribution in [0.1, 0.15) is 17.5 Å². The molecule has 0 aliphatic carbocycles. The van der Waals surface area contributed by atoms with Crippen molar-refractivity contribution in [1.82, 2.24) is 9.80 Å². The second-order valence-electron chi connectivity index (χ2n) is 7.21. The van der Waals surface area contributed by atoms with Gasteiger partial charge in [-0.1, -0.05) is 48.0 Å². The summed E-state index contributed by atoms with van der Waals surface area (Å²) in [5.74, 6) is 0.492. The molecule has 1 heterocycles.